The Kier molecular flexibility index (Phi) is 3.84. The van der Waals surface area contributed by atoms with Crippen LogP contribution in [0.3, 0.4) is 0 Å². The van der Waals surface area contributed by atoms with E-state index in [4.69, 9.17) is 11.6 Å². The van der Waals surface area contributed by atoms with Crippen LogP contribution in [0.25, 0.3) is 0 Å². The van der Waals surface area contributed by atoms with Crippen LogP contribution in [0.4, 0.5) is 5.69 Å². The molecule has 13 heavy (non-hydrogen) atoms. The monoisotopic (exact) mass is 195 g/mol. The molecule has 0 heterocycles. The molecule has 0 atom stereocenters. The highest BCUT2D eigenvalue weighted by Crippen LogP contribution is 2.24. The third-order valence-corrected chi connectivity index (χ3v) is 2.34. The Morgan fingerprint density at radius 2 is 2.23 bits per heavy atom. The van der Waals surface area contributed by atoms with Crippen molar-refractivity contribution in [1.82, 2.24) is 0 Å². The summed E-state index contributed by atoms with van der Waals surface area (Å²) in [5.74, 6) is 0. The summed E-state index contributed by atoms with van der Waals surface area (Å²) in [5.41, 5.74) is 2.10. The van der Waals surface area contributed by atoms with Gasteiger partial charge < -0.3 is 5.32 Å². The first-order valence-electron chi connectivity index (χ1n) is 4.36. The molecule has 0 spiro atoms. The molecular weight excluding hydrogens is 182 g/mol. The Balaban J connectivity index is 2.71. The summed E-state index contributed by atoms with van der Waals surface area (Å²) in [5, 5.41) is 4.05. The zero-order valence-electron chi connectivity index (χ0n) is 7.97. The predicted octanol–water partition coefficient (Wildman–Crippen LogP) is 3.64. The van der Waals surface area contributed by atoms with E-state index >= 15 is 0 Å². The summed E-state index contributed by atoms with van der Waals surface area (Å²) in [7, 11) is 0. The van der Waals surface area contributed by atoms with Crippen LogP contribution in [-0.4, -0.2) is 6.54 Å². The highest BCUT2D eigenvalue weighted by molar-refractivity contribution is 6.33. The molecule has 0 unspecified atom stereocenters. The number of hydrogen-bond acceptors (Lipinski definition) is 1. The van der Waals surface area contributed by atoms with Gasteiger partial charge in [0.15, 0.2) is 0 Å². The van der Waals surface area contributed by atoms with E-state index in [1.165, 1.54) is 0 Å². The van der Waals surface area contributed by atoms with Crippen molar-refractivity contribution in [2.24, 2.45) is 0 Å². The zero-order chi connectivity index (χ0) is 9.68. The fourth-order valence-electron chi connectivity index (χ4n) is 1.07. The smallest absolute Gasteiger partial charge is 0.0666 e. The number of benzene rings is 1. The van der Waals surface area contributed by atoms with Gasteiger partial charge in [-0.15, -0.1) is 0 Å². The minimum atomic E-state index is 0.812. The van der Waals surface area contributed by atoms with E-state index in [-0.39, 0.29) is 0 Å². The van der Waals surface area contributed by atoms with Crippen LogP contribution in [0, 0.1) is 6.92 Å². The van der Waals surface area contributed by atoms with E-state index in [0.29, 0.717) is 0 Å². The van der Waals surface area contributed by atoms with E-state index in [2.05, 4.69) is 11.4 Å². The van der Waals surface area contributed by atoms with Gasteiger partial charge >= 0.3 is 0 Å². The molecule has 1 aromatic rings. The molecular formula is C11H14ClN. The van der Waals surface area contributed by atoms with Gasteiger partial charge in [0.05, 0.1) is 10.7 Å². The molecule has 0 amide bonds. The third kappa shape index (κ3) is 2.78. The van der Waals surface area contributed by atoms with Crippen LogP contribution in [0.2, 0.25) is 5.02 Å². The fraction of sp³-hybridized carbons (Fsp3) is 0.273. The normalized spacial score (nSPS) is 10.7. The molecule has 0 aromatic heterocycles. The third-order valence-electron chi connectivity index (χ3n) is 1.84. The summed E-state index contributed by atoms with van der Waals surface area (Å²) in [6.45, 7) is 4.82. The van der Waals surface area contributed by atoms with Crippen molar-refractivity contribution in [3.8, 4) is 0 Å². The summed E-state index contributed by atoms with van der Waals surface area (Å²) in [4.78, 5) is 0. The second-order valence-electron chi connectivity index (χ2n) is 2.89. The second-order valence-corrected chi connectivity index (χ2v) is 3.26. The van der Waals surface area contributed by atoms with E-state index in [0.717, 1.165) is 22.8 Å². The summed E-state index contributed by atoms with van der Waals surface area (Å²) < 4.78 is 0. The van der Waals surface area contributed by atoms with Gasteiger partial charge in [0.2, 0.25) is 0 Å². The number of rotatable bonds is 3. The van der Waals surface area contributed by atoms with Gasteiger partial charge in [-0.3, -0.25) is 0 Å². The van der Waals surface area contributed by atoms with Crippen molar-refractivity contribution in [3.63, 3.8) is 0 Å². The maximum atomic E-state index is 6.09. The van der Waals surface area contributed by atoms with Gasteiger partial charge in [-0.05, 0) is 25.5 Å². The van der Waals surface area contributed by atoms with Crippen molar-refractivity contribution in [3.05, 3.63) is 40.9 Å². The van der Waals surface area contributed by atoms with Gasteiger partial charge in [-0.25, -0.2) is 0 Å². The van der Waals surface area contributed by atoms with E-state index in [9.17, 15) is 0 Å². The SMILES string of the molecule is C/C=C/CNc1cccc(C)c1Cl. The number of aryl methyl sites for hydroxylation is 1. The molecule has 0 saturated carbocycles. The van der Waals surface area contributed by atoms with Crippen LogP contribution < -0.4 is 5.32 Å². The molecule has 0 bridgehead atoms. The lowest BCUT2D eigenvalue weighted by molar-refractivity contribution is 1.31. The Bertz CT molecular complexity index is 305. The Morgan fingerprint density at radius 1 is 1.46 bits per heavy atom. The molecule has 1 aromatic carbocycles. The maximum Gasteiger partial charge on any atom is 0.0666 e. The Labute approximate surface area is 84.4 Å². The summed E-state index contributed by atoms with van der Waals surface area (Å²) >= 11 is 6.09. The number of hydrogen-bond donors (Lipinski definition) is 1. The van der Waals surface area contributed by atoms with Crippen LogP contribution in [0.15, 0.2) is 30.4 Å². The standard InChI is InChI=1S/C11H14ClN/c1-3-4-8-13-10-7-5-6-9(2)11(10)12/h3-7,13H,8H2,1-2H3/b4-3+. The van der Waals surface area contributed by atoms with Crippen LogP contribution in [0.1, 0.15) is 12.5 Å². The molecule has 0 aliphatic rings. The topological polar surface area (TPSA) is 12.0 Å². The lowest BCUT2D eigenvalue weighted by atomic mass is 10.2. The highest BCUT2D eigenvalue weighted by atomic mass is 35.5. The van der Waals surface area contributed by atoms with Crippen molar-refractivity contribution in [1.29, 1.82) is 0 Å². The van der Waals surface area contributed by atoms with E-state index < -0.39 is 0 Å². The van der Waals surface area contributed by atoms with Crippen molar-refractivity contribution in [2.45, 2.75) is 13.8 Å². The first-order valence-corrected chi connectivity index (χ1v) is 4.73. The molecule has 1 N–H and O–H groups in total. The van der Waals surface area contributed by atoms with Gasteiger partial charge in [0.25, 0.3) is 0 Å². The van der Waals surface area contributed by atoms with Gasteiger partial charge in [-0.1, -0.05) is 35.9 Å². The number of nitrogens with one attached hydrogen (secondary N) is 1. The van der Waals surface area contributed by atoms with Gasteiger partial charge in [0.1, 0.15) is 0 Å². The first-order chi connectivity index (χ1) is 6.25. The molecule has 0 saturated heterocycles. The average Bonchev–Trinajstić information content (AvgIpc) is 2.13. The van der Waals surface area contributed by atoms with Crippen molar-refractivity contribution < 1.29 is 0 Å². The summed E-state index contributed by atoms with van der Waals surface area (Å²) in [6.07, 6.45) is 4.06. The quantitative estimate of drug-likeness (QED) is 0.727. The summed E-state index contributed by atoms with van der Waals surface area (Å²) in [6, 6.07) is 5.99. The number of allylic oxidation sites excluding steroid dienone is 1. The van der Waals surface area contributed by atoms with Crippen molar-refractivity contribution in [2.75, 3.05) is 11.9 Å². The molecule has 70 valence electrons. The fourth-order valence-corrected chi connectivity index (χ4v) is 1.26. The second kappa shape index (κ2) is 4.93. The highest BCUT2D eigenvalue weighted by Gasteiger charge is 1.99. The lowest BCUT2D eigenvalue weighted by Gasteiger charge is -2.07. The molecule has 1 nitrogen and oxygen atoms in total. The van der Waals surface area contributed by atoms with Crippen LogP contribution in [-0.2, 0) is 0 Å². The minimum Gasteiger partial charge on any atom is -0.380 e. The van der Waals surface area contributed by atoms with Gasteiger partial charge in [0, 0.05) is 6.54 Å². The molecule has 0 fully saturated rings. The minimum absolute atomic E-state index is 0.812. The van der Waals surface area contributed by atoms with E-state index in [1.54, 1.807) is 0 Å². The Hall–Kier alpha value is -0.950. The maximum absolute atomic E-state index is 6.09. The number of halogens is 1. The number of anilines is 1. The largest absolute Gasteiger partial charge is 0.380 e. The predicted molar refractivity (Wildman–Crippen MR) is 59.5 cm³/mol. The lowest BCUT2D eigenvalue weighted by Crippen LogP contribution is -1.98. The van der Waals surface area contributed by atoms with E-state index in [1.807, 2.05) is 38.1 Å². The molecule has 0 aliphatic carbocycles. The molecule has 2 heteroatoms. The average molecular weight is 196 g/mol. The van der Waals surface area contributed by atoms with Gasteiger partial charge in [-0.2, -0.15) is 0 Å². The zero-order valence-corrected chi connectivity index (χ0v) is 8.73. The first kappa shape index (κ1) is 10.1. The molecule has 0 radical (unpaired) electrons. The van der Waals surface area contributed by atoms with Crippen LogP contribution in [0.5, 0.6) is 0 Å². The molecule has 1 rings (SSSR count). The van der Waals surface area contributed by atoms with Crippen molar-refractivity contribution >= 4 is 17.3 Å². The Morgan fingerprint density at radius 3 is 2.92 bits per heavy atom. The van der Waals surface area contributed by atoms with Crippen LogP contribution >= 0.6 is 11.6 Å². The molecule has 0 aliphatic heterocycles.